The number of ether oxygens (including phenoxy) is 3. The number of nitrogens with zero attached hydrogens (tertiary/aromatic N) is 1. The summed E-state index contributed by atoms with van der Waals surface area (Å²) in [4.78, 5) is 13.1. The van der Waals surface area contributed by atoms with Crippen LogP contribution in [0.25, 0.3) is 0 Å². The van der Waals surface area contributed by atoms with Gasteiger partial charge in [0.1, 0.15) is 0 Å². The number of carbonyl (C=O) groups is 1. The van der Waals surface area contributed by atoms with Crippen molar-refractivity contribution in [3.8, 4) is 0 Å². The summed E-state index contributed by atoms with van der Waals surface area (Å²) in [5.41, 5.74) is -0.106. The van der Waals surface area contributed by atoms with Gasteiger partial charge in [-0.2, -0.15) is 0 Å². The molecule has 0 saturated carbocycles. The molecular weight excluding hydrogens is 262 g/mol. The van der Waals surface area contributed by atoms with Crippen LogP contribution in [0.1, 0.15) is 25.7 Å². The SMILES string of the molecule is COCCN(CC(=O)O)C1CCOC2(CCOCC2)C1. The van der Waals surface area contributed by atoms with E-state index < -0.39 is 5.97 Å². The predicted molar refractivity (Wildman–Crippen MR) is 72.8 cm³/mol. The predicted octanol–water partition coefficient (Wildman–Crippen LogP) is 0.748. The van der Waals surface area contributed by atoms with Crippen molar-refractivity contribution in [3.63, 3.8) is 0 Å². The van der Waals surface area contributed by atoms with Gasteiger partial charge in [0.2, 0.25) is 0 Å². The molecule has 1 spiro atoms. The number of carboxylic acids is 1. The van der Waals surface area contributed by atoms with Gasteiger partial charge in [-0.1, -0.05) is 0 Å². The van der Waals surface area contributed by atoms with Crippen LogP contribution in [-0.4, -0.2) is 74.2 Å². The Morgan fingerprint density at radius 2 is 2.15 bits per heavy atom. The van der Waals surface area contributed by atoms with E-state index in [4.69, 9.17) is 19.3 Å². The van der Waals surface area contributed by atoms with Gasteiger partial charge in [-0.05, 0) is 25.7 Å². The van der Waals surface area contributed by atoms with Crippen molar-refractivity contribution in [1.29, 1.82) is 0 Å². The van der Waals surface area contributed by atoms with Gasteiger partial charge in [0.05, 0.1) is 18.8 Å². The standard InChI is InChI=1S/C14H25NO5/c1-18-9-5-15(11-13(16)17)12-2-6-20-14(10-12)3-7-19-8-4-14/h12H,2-11H2,1H3,(H,16,17). The van der Waals surface area contributed by atoms with Crippen LogP contribution in [0.2, 0.25) is 0 Å². The van der Waals surface area contributed by atoms with Gasteiger partial charge in [-0.3, -0.25) is 9.69 Å². The second-order valence-electron chi connectivity index (χ2n) is 5.65. The molecule has 1 atom stereocenters. The number of rotatable bonds is 6. The molecule has 2 rings (SSSR count). The normalized spacial score (nSPS) is 26.0. The van der Waals surface area contributed by atoms with E-state index in [1.54, 1.807) is 7.11 Å². The minimum atomic E-state index is -0.784. The number of carboxylic acid groups (broad SMARTS) is 1. The average Bonchev–Trinajstić information content (AvgIpc) is 2.44. The van der Waals surface area contributed by atoms with Gasteiger partial charge in [0.25, 0.3) is 0 Å². The fraction of sp³-hybridized carbons (Fsp3) is 0.929. The molecule has 0 aliphatic carbocycles. The monoisotopic (exact) mass is 287 g/mol. The average molecular weight is 287 g/mol. The highest BCUT2D eigenvalue weighted by molar-refractivity contribution is 5.69. The Bertz CT molecular complexity index is 311. The maximum atomic E-state index is 11.0. The molecule has 20 heavy (non-hydrogen) atoms. The third kappa shape index (κ3) is 4.15. The molecule has 1 unspecified atom stereocenters. The van der Waals surface area contributed by atoms with E-state index in [0.717, 1.165) is 38.9 Å². The van der Waals surface area contributed by atoms with Crippen LogP contribution in [-0.2, 0) is 19.0 Å². The lowest BCUT2D eigenvalue weighted by atomic mass is 9.83. The van der Waals surface area contributed by atoms with Crippen molar-refractivity contribution in [3.05, 3.63) is 0 Å². The van der Waals surface area contributed by atoms with Crippen LogP contribution in [0.4, 0.5) is 0 Å². The largest absolute Gasteiger partial charge is 0.480 e. The van der Waals surface area contributed by atoms with Crippen molar-refractivity contribution < 1.29 is 24.1 Å². The van der Waals surface area contributed by atoms with E-state index >= 15 is 0 Å². The summed E-state index contributed by atoms with van der Waals surface area (Å²) < 4.78 is 16.5. The lowest BCUT2D eigenvalue weighted by Gasteiger charge is -2.46. The van der Waals surface area contributed by atoms with Gasteiger partial charge in [-0.15, -0.1) is 0 Å². The molecule has 2 fully saturated rings. The van der Waals surface area contributed by atoms with Gasteiger partial charge in [0.15, 0.2) is 0 Å². The van der Waals surface area contributed by atoms with E-state index in [9.17, 15) is 4.79 Å². The molecule has 1 N–H and O–H groups in total. The number of methoxy groups -OCH3 is 1. The second kappa shape index (κ2) is 7.36. The zero-order valence-electron chi connectivity index (χ0n) is 12.2. The summed E-state index contributed by atoms with van der Waals surface area (Å²) >= 11 is 0. The maximum Gasteiger partial charge on any atom is 0.317 e. The summed E-state index contributed by atoms with van der Waals surface area (Å²) in [6, 6.07) is 0.257. The van der Waals surface area contributed by atoms with E-state index in [1.165, 1.54) is 0 Å². The molecule has 0 radical (unpaired) electrons. The fourth-order valence-electron chi connectivity index (χ4n) is 3.18. The summed E-state index contributed by atoms with van der Waals surface area (Å²) in [6.45, 7) is 3.46. The van der Waals surface area contributed by atoms with Crippen molar-refractivity contribution in [1.82, 2.24) is 4.90 Å². The van der Waals surface area contributed by atoms with Crippen LogP contribution >= 0.6 is 0 Å². The fourth-order valence-corrected chi connectivity index (χ4v) is 3.18. The molecule has 0 aromatic carbocycles. The van der Waals surface area contributed by atoms with Crippen LogP contribution < -0.4 is 0 Å². The third-order valence-corrected chi connectivity index (χ3v) is 4.31. The first-order valence-corrected chi connectivity index (χ1v) is 7.32. The van der Waals surface area contributed by atoms with Crippen molar-refractivity contribution in [2.24, 2.45) is 0 Å². The molecule has 2 aliphatic rings. The smallest absolute Gasteiger partial charge is 0.317 e. The first-order valence-electron chi connectivity index (χ1n) is 7.32. The third-order valence-electron chi connectivity index (χ3n) is 4.31. The van der Waals surface area contributed by atoms with Gasteiger partial charge >= 0.3 is 5.97 Å². The van der Waals surface area contributed by atoms with Gasteiger partial charge in [0, 0.05) is 39.5 Å². The molecule has 0 amide bonds. The Morgan fingerprint density at radius 1 is 1.40 bits per heavy atom. The van der Waals surface area contributed by atoms with E-state index in [0.29, 0.717) is 19.8 Å². The molecule has 0 aromatic rings. The zero-order chi connectivity index (χ0) is 14.4. The molecule has 0 bridgehead atoms. The van der Waals surface area contributed by atoms with Crippen LogP contribution in [0.15, 0.2) is 0 Å². The molecule has 6 nitrogen and oxygen atoms in total. The molecule has 116 valence electrons. The Kier molecular flexibility index (Phi) is 5.77. The Morgan fingerprint density at radius 3 is 2.80 bits per heavy atom. The van der Waals surface area contributed by atoms with Crippen molar-refractivity contribution in [2.45, 2.75) is 37.3 Å². The molecular formula is C14H25NO5. The van der Waals surface area contributed by atoms with Crippen molar-refractivity contribution >= 4 is 5.97 Å². The lowest BCUT2D eigenvalue weighted by molar-refractivity contribution is -0.157. The topological polar surface area (TPSA) is 68.2 Å². The number of hydrogen-bond donors (Lipinski definition) is 1. The minimum absolute atomic E-state index is 0.0700. The highest BCUT2D eigenvalue weighted by Gasteiger charge is 2.40. The summed E-state index contributed by atoms with van der Waals surface area (Å²) in [5, 5.41) is 9.08. The highest BCUT2D eigenvalue weighted by Crippen LogP contribution is 2.35. The summed E-state index contributed by atoms with van der Waals surface area (Å²) in [5.74, 6) is -0.784. The molecule has 2 heterocycles. The van der Waals surface area contributed by atoms with E-state index in [-0.39, 0.29) is 18.2 Å². The van der Waals surface area contributed by atoms with E-state index in [2.05, 4.69) is 0 Å². The first-order chi connectivity index (χ1) is 9.65. The van der Waals surface area contributed by atoms with Gasteiger partial charge < -0.3 is 19.3 Å². The zero-order valence-corrected chi connectivity index (χ0v) is 12.2. The maximum absolute atomic E-state index is 11.0. The molecule has 0 aromatic heterocycles. The van der Waals surface area contributed by atoms with Crippen LogP contribution in [0, 0.1) is 0 Å². The van der Waals surface area contributed by atoms with E-state index in [1.807, 2.05) is 4.90 Å². The number of hydrogen-bond acceptors (Lipinski definition) is 5. The minimum Gasteiger partial charge on any atom is -0.480 e. The molecule has 6 heteroatoms. The summed E-state index contributed by atoms with van der Waals surface area (Å²) in [6.07, 6.45) is 3.61. The molecule has 2 saturated heterocycles. The number of aliphatic carboxylic acids is 1. The van der Waals surface area contributed by atoms with Crippen molar-refractivity contribution in [2.75, 3.05) is 46.6 Å². The summed E-state index contributed by atoms with van der Waals surface area (Å²) in [7, 11) is 1.64. The van der Waals surface area contributed by atoms with Crippen LogP contribution in [0.5, 0.6) is 0 Å². The van der Waals surface area contributed by atoms with Gasteiger partial charge in [-0.25, -0.2) is 0 Å². The Labute approximate surface area is 120 Å². The highest BCUT2D eigenvalue weighted by atomic mass is 16.5. The second-order valence-corrected chi connectivity index (χ2v) is 5.65. The Balaban J connectivity index is 1.97. The molecule has 2 aliphatic heterocycles. The quantitative estimate of drug-likeness (QED) is 0.777. The lowest BCUT2D eigenvalue weighted by Crippen LogP contribution is -2.52. The first kappa shape index (κ1) is 15.7. The van der Waals surface area contributed by atoms with Crippen LogP contribution in [0.3, 0.4) is 0 Å². The Hall–Kier alpha value is -0.690.